The Morgan fingerprint density at radius 1 is 1.54 bits per heavy atom. The molecule has 1 N–H and O–H groups in total. The highest BCUT2D eigenvalue weighted by Gasteiger charge is 2.11. The standard InChI is InChI=1S/C9H9BrClNO/c1-5-7(10)4-3-6(8(5)11)9(13)12-2/h3-4H,1-2H3,(H,12,13). The van der Waals surface area contributed by atoms with Crippen molar-refractivity contribution >= 4 is 33.4 Å². The molecular weight excluding hydrogens is 253 g/mol. The molecular formula is C9H9BrClNO. The van der Waals surface area contributed by atoms with Crippen LogP contribution in [-0.4, -0.2) is 13.0 Å². The number of amides is 1. The second-order valence-electron chi connectivity index (χ2n) is 2.61. The summed E-state index contributed by atoms with van der Waals surface area (Å²) in [5, 5.41) is 3.02. The van der Waals surface area contributed by atoms with Crippen LogP contribution in [0, 0.1) is 6.92 Å². The molecule has 0 bridgehead atoms. The first kappa shape index (κ1) is 10.5. The molecule has 0 aliphatic carbocycles. The molecule has 1 amide bonds. The van der Waals surface area contributed by atoms with E-state index in [4.69, 9.17) is 11.6 Å². The van der Waals surface area contributed by atoms with Gasteiger partial charge in [0, 0.05) is 11.5 Å². The predicted molar refractivity (Wildman–Crippen MR) is 57.3 cm³/mol. The van der Waals surface area contributed by atoms with Crippen LogP contribution in [0.25, 0.3) is 0 Å². The van der Waals surface area contributed by atoms with Crippen molar-refractivity contribution in [1.82, 2.24) is 5.32 Å². The first-order valence-electron chi connectivity index (χ1n) is 3.74. The maximum atomic E-state index is 11.3. The Balaban J connectivity index is 3.26. The van der Waals surface area contributed by atoms with Crippen molar-refractivity contribution in [1.29, 1.82) is 0 Å². The smallest absolute Gasteiger partial charge is 0.252 e. The van der Waals surface area contributed by atoms with Crippen molar-refractivity contribution in [3.8, 4) is 0 Å². The lowest BCUT2D eigenvalue weighted by Gasteiger charge is -2.06. The molecule has 0 saturated carbocycles. The summed E-state index contributed by atoms with van der Waals surface area (Å²) in [6.45, 7) is 1.86. The summed E-state index contributed by atoms with van der Waals surface area (Å²) < 4.78 is 0.908. The van der Waals surface area contributed by atoms with Gasteiger partial charge in [-0.05, 0) is 24.6 Å². The van der Waals surface area contributed by atoms with Crippen LogP contribution in [0.1, 0.15) is 15.9 Å². The topological polar surface area (TPSA) is 29.1 Å². The van der Waals surface area contributed by atoms with Gasteiger partial charge in [0.2, 0.25) is 0 Å². The van der Waals surface area contributed by atoms with Gasteiger partial charge in [-0.15, -0.1) is 0 Å². The van der Waals surface area contributed by atoms with Crippen molar-refractivity contribution < 1.29 is 4.79 Å². The molecule has 2 nitrogen and oxygen atoms in total. The van der Waals surface area contributed by atoms with E-state index >= 15 is 0 Å². The highest BCUT2D eigenvalue weighted by atomic mass is 79.9. The number of hydrogen-bond donors (Lipinski definition) is 1. The van der Waals surface area contributed by atoms with Crippen LogP contribution >= 0.6 is 27.5 Å². The Bertz CT molecular complexity index is 352. The monoisotopic (exact) mass is 261 g/mol. The molecule has 1 aromatic rings. The molecule has 0 aliphatic heterocycles. The Kier molecular flexibility index (Phi) is 3.33. The van der Waals surface area contributed by atoms with Gasteiger partial charge < -0.3 is 5.32 Å². The zero-order valence-electron chi connectivity index (χ0n) is 7.32. The lowest BCUT2D eigenvalue weighted by atomic mass is 10.1. The van der Waals surface area contributed by atoms with Crippen molar-refractivity contribution in [2.45, 2.75) is 6.92 Å². The molecule has 70 valence electrons. The van der Waals surface area contributed by atoms with Crippen molar-refractivity contribution in [2.24, 2.45) is 0 Å². The van der Waals surface area contributed by atoms with Gasteiger partial charge in [-0.2, -0.15) is 0 Å². The van der Waals surface area contributed by atoms with E-state index in [0.717, 1.165) is 10.0 Å². The Morgan fingerprint density at radius 2 is 2.15 bits per heavy atom. The van der Waals surface area contributed by atoms with Crippen molar-refractivity contribution in [2.75, 3.05) is 7.05 Å². The van der Waals surface area contributed by atoms with E-state index in [0.29, 0.717) is 10.6 Å². The molecule has 0 spiro atoms. The number of carbonyl (C=O) groups is 1. The van der Waals surface area contributed by atoms with E-state index in [9.17, 15) is 4.79 Å². The molecule has 1 aromatic carbocycles. The fourth-order valence-corrected chi connectivity index (χ4v) is 1.67. The van der Waals surface area contributed by atoms with Crippen molar-refractivity contribution in [3.63, 3.8) is 0 Å². The summed E-state index contributed by atoms with van der Waals surface area (Å²) >= 11 is 9.32. The fourth-order valence-electron chi connectivity index (χ4n) is 0.972. The minimum absolute atomic E-state index is 0.166. The average Bonchev–Trinajstić information content (AvgIpc) is 2.13. The number of benzene rings is 1. The molecule has 0 atom stereocenters. The summed E-state index contributed by atoms with van der Waals surface area (Å²) in [6, 6.07) is 3.50. The fraction of sp³-hybridized carbons (Fsp3) is 0.222. The van der Waals surface area contributed by atoms with Crippen LogP contribution in [0.4, 0.5) is 0 Å². The summed E-state index contributed by atoms with van der Waals surface area (Å²) in [7, 11) is 1.58. The Hall–Kier alpha value is -0.540. The molecule has 1 rings (SSSR count). The normalized spacial score (nSPS) is 9.85. The van der Waals surface area contributed by atoms with Crippen LogP contribution in [0.2, 0.25) is 5.02 Å². The maximum absolute atomic E-state index is 11.3. The third kappa shape index (κ3) is 2.03. The number of hydrogen-bond acceptors (Lipinski definition) is 1. The first-order chi connectivity index (χ1) is 6.07. The minimum Gasteiger partial charge on any atom is -0.355 e. The van der Waals surface area contributed by atoms with Crippen LogP contribution < -0.4 is 5.32 Å². The second kappa shape index (κ2) is 4.11. The number of nitrogens with one attached hydrogen (secondary N) is 1. The predicted octanol–water partition coefficient (Wildman–Crippen LogP) is 2.77. The van der Waals surface area contributed by atoms with Gasteiger partial charge in [0.15, 0.2) is 0 Å². The Morgan fingerprint density at radius 3 is 2.69 bits per heavy atom. The molecule has 13 heavy (non-hydrogen) atoms. The van der Waals surface area contributed by atoms with Gasteiger partial charge in [-0.25, -0.2) is 0 Å². The quantitative estimate of drug-likeness (QED) is 0.828. The SMILES string of the molecule is CNC(=O)c1ccc(Br)c(C)c1Cl. The van der Waals surface area contributed by atoms with E-state index in [1.54, 1.807) is 13.1 Å². The lowest BCUT2D eigenvalue weighted by Crippen LogP contribution is -2.18. The van der Waals surface area contributed by atoms with E-state index in [-0.39, 0.29) is 5.91 Å². The molecule has 0 radical (unpaired) electrons. The molecule has 0 aliphatic rings. The maximum Gasteiger partial charge on any atom is 0.252 e. The van der Waals surface area contributed by atoms with Crippen LogP contribution in [0.5, 0.6) is 0 Å². The van der Waals surface area contributed by atoms with Crippen LogP contribution in [0.15, 0.2) is 16.6 Å². The second-order valence-corrected chi connectivity index (χ2v) is 3.85. The number of rotatable bonds is 1. The average molecular weight is 263 g/mol. The first-order valence-corrected chi connectivity index (χ1v) is 4.91. The summed E-state index contributed by atoms with van der Waals surface area (Å²) in [6.07, 6.45) is 0. The third-order valence-electron chi connectivity index (χ3n) is 1.79. The molecule has 0 heterocycles. The zero-order valence-corrected chi connectivity index (χ0v) is 9.66. The van der Waals surface area contributed by atoms with Gasteiger partial charge in [-0.3, -0.25) is 4.79 Å². The highest BCUT2D eigenvalue weighted by Crippen LogP contribution is 2.27. The third-order valence-corrected chi connectivity index (χ3v) is 3.14. The summed E-state index contributed by atoms with van der Waals surface area (Å²) in [5.74, 6) is -0.166. The summed E-state index contributed by atoms with van der Waals surface area (Å²) in [5.41, 5.74) is 1.38. The zero-order chi connectivity index (χ0) is 10.0. The van der Waals surface area contributed by atoms with Gasteiger partial charge >= 0.3 is 0 Å². The molecule has 0 saturated heterocycles. The number of carbonyl (C=O) groups excluding carboxylic acids is 1. The van der Waals surface area contributed by atoms with Gasteiger partial charge in [-0.1, -0.05) is 27.5 Å². The molecule has 0 unspecified atom stereocenters. The van der Waals surface area contributed by atoms with Crippen molar-refractivity contribution in [3.05, 3.63) is 32.8 Å². The minimum atomic E-state index is -0.166. The van der Waals surface area contributed by atoms with E-state index in [2.05, 4.69) is 21.2 Å². The Labute approximate surface area is 90.4 Å². The van der Waals surface area contributed by atoms with E-state index in [1.807, 2.05) is 13.0 Å². The molecule has 4 heteroatoms. The summed E-state index contributed by atoms with van der Waals surface area (Å²) in [4.78, 5) is 11.3. The largest absolute Gasteiger partial charge is 0.355 e. The number of halogens is 2. The van der Waals surface area contributed by atoms with Gasteiger partial charge in [0.05, 0.1) is 10.6 Å². The molecule has 0 aromatic heterocycles. The van der Waals surface area contributed by atoms with Crippen LogP contribution in [0.3, 0.4) is 0 Å². The van der Waals surface area contributed by atoms with E-state index < -0.39 is 0 Å². The van der Waals surface area contributed by atoms with Gasteiger partial charge in [0.25, 0.3) is 5.91 Å². The molecule has 0 fully saturated rings. The lowest BCUT2D eigenvalue weighted by molar-refractivity contribution is 0.0963. The van der Waals surface area contributed by atoms with Crippen LogP contribution in [-0.2, 0) is 0 Å². The highest BCUT2D eigenvalue weighted by molar-refractivity contribution is 9.10. The van der Waals surface area contributed by atoms with E-state index in [1.165, 1.54) is 0 Å². The van der Waals surface area contributed by atoms with Gasteiger partial charge in [0.1, 0.15) is 0 Å².